The molecule has 0 radical (unpaired) electrons. The summed E-state index contributed by atoms with van der Waals surface area (Å²) in [7, 11) is 0. The molecular formula is C12H20O. The first-order valence-corrected chi connectivity index (χ1v) is 5.78. The SMILES string of the molecule is CC1C(C=O)CCC2CCCCC21. The van der Waals surface area contributed by atoms with E-state index in [1.54, 1.807) is 0 Å². The molecule has 0 aromatic heterocycles. The van der Waals surface area contributed by atoms with E-state index in [0.29, 0.717) is 11.8 Å². The van der Waals surface area contributed by atoms with Crippen LogP contribution in [0.2, 0.25) is 0 Å². The van der Waals surface area contributed by atoms with Crippen molar-refractivity contribution in [1.29, 1.82) is 0 Å². The van der Waals surface area contributed by atoms with Gasteiger partial charge in [0.25, 0.3) is 0 Å². The summed E-state index contributed by atoms with van der Waals surface area (Å²) >= 11 is 0. The van der Waals surface area contributed by atoms with Gasteiger partial charge < -0.3 is 4.79 Å². The lowest BCUT2D eigenvalue weighted by Gasteiger charge is -2.42. The maximum absolute atomic E-state index is 10.8. The highest BCUT2D eigenvalue weighted by Crippen LogP contribution is 2.45. The second kappa shape index (κ2) is 3.81. The first-order chi connectivity index (χ1) is 6.33. The fourth-order valence-corrected chi connectivity index (χ4v) is 3.47. The molecule has 0 aromatic carbocycles. The summed E-state index contributed by atoms with van der Waals surface area (Å²) in [5.41, 5.74) is 0. The molecular weight excluding hydrogens is 160 g/mol. The van der Waals surface area contributed by atoms with E-state index in [9.17, 15) is 4.79 Å². The van der Waals surface area contributed by atoms with E-state index in [1.165, 1.54) is 38.4 Å². The van der Waals surface area contributed by atoms with Gasteiger partial charge in [0.1, 0.15) is 6.29 Å². The molecule has 4 unspecified atom stereocenters. The molecule has 0 amide bonds. The lowest BCUT2D eigenvalue weighted by Crippen LogP contribution is -2.35. The Bertz CT molecular complexity index is 188. The van der Waals surface area contributed by atoms with E-state index in [1.807, 2.05) is 0 Å². The van der Waals surface area contributed by atoms with Crippen LogP contribution >= 0.6 is 0 Å². The van der Waals surface area contributed by atoms with Gasteiger partial charge in [-0.1, -0.05) is 26.2 Å². The number of fused-ring (bicyclic) bond motifs is 1. The Morgan fingerprint density at radius 3 is 2.62 bits per heavy atom. The maximum Gasteiger partial charge on any atom is 0.123 e. The molecule has 1 heteroatoms. The number of aldehydes is 1. The average Bonchev–Trinajstić information content (AvgIpc) is 2.19. The third kappa shape index (κ3) is 1.66. The minimum Gasteiger partial charge on any atom is -0.303 e. The molecule has 0 bridgehead atoms. The highest BCUT2D eigenvalue weighted by molar-refractivity contribution is 5.54. The van der Waals surface area contributed by atoms with Gasteiger partial charge in [0.2, 0.25) is 0 Å². The van der Waals surface area contributed by atoms with Crippen LogP contribution < -0.4 is 0 Å². The van der Waals surface area contributed by atoms with Crippen molar-refractivity contribution in [3.8, 4) is 0 Å². The van der Waals surface area contributed by atoms with Gasteiger partial charge in [-0.05, 0) is 37.0 Å². The summed E-state index contributed by atoms with van der Waals surface area (Å²) < 4.78 is 0. The van der Waals surface area contributed by atoms with E-state index in [2.05, 4.69) is 6.92 Å². The van der Waals surface area contributed by atoms with Crippen molar-refractivity contribution in [2.24, 2.45) is 23.7 Å². The second-order valence-corrected chi connectivity index (χ2v) is 4.94. The largest absolute Gasteiger partial charge is 0.303 e. The lowest BCUT2D eigenvalue weighted by atomic mass is 9.62. The summed E-state index contributed by atoms with van der Waals surface area (Å²) in [4.78, 5) is 10.8. The lowest BCUT2D eigenvalue weighted by molar-refractivity contribution is -0.115. The topological polar surface area (TPSA) is 17.1 Å². The van der Waals surface area contributed by atoms with Gasteiger partial charge in [0.15, 0.2) is 0 Å². The highest BCUT2D eigenvalue weighted by atomic mass is 16.1. The molecule has 0 aromatic rings. The van der Waals surface area contributed by atoms with Crippen molar-refractivity contribution >= 4 is 6.29 Å². The monoisotopic (exact) mass is 180 g/mol. The van der Waals surface area contributed by atoms with Crippen molar-refractivity contribution in [3.05, 3.63) is 0 Å². The third-order valence-corrected chi connectivity index (χ3v) is 4.36. The third-order valence-electron chi connectivity index (χ3n) is 4.36. The molecule has 0 spiro atoms. The predicted octanol–water partition coefficient (Wildman–Crippen LogP) is 3.04. The van der Waals surface area contributed by atoms with Crippen LogP contribution in [0.1, 0.15) is 45.4 Å². The molecule has 13 heavy (non-hydrogen) atoms. The van der Waals surface area contributed by atoms with Gasteiger partial charge in [0.05, 0.1) is 0 Å². The van der Waals surface area contributed by atoms with Crippen LogP contribution in [-0.2, 0) is 4.79 Å². The molecule has 0 N–H and O–H groups in total. The first kappa shape index (κ1) is 9.23. The molecule has 0 aliphatic heterocycles. The summed E-state index contributed by atoms with van der Waals surface area (Å²) in [6.07, 6.45) is 9.33. The minimum atomic E-state index is 0.374. The van der Waals surface area contributed by atoms with Gasteiger partial charge in [-0.15, -0.1) is 0 Å². The van der Waals surface area contributed by atoms with E-state index in [0.717, 1.165) is 18.3 Å². The Hall–Kier alpha value is -0.330. The smallest absolute Gasteiger partial charge is 0.123 e. The van der Waals surface area contributed by atoms with Crippen molar-refractivity contribution in [3.63, 3.8) is 0 Å². The molecule has 1 nitrogen and oxygen atoms in total. The molecule has 2 saturated carbocycles. The number of hydrogen-bond donors (Lipinski definition) is 0. The quantitative estimate of drug-likeness (QED) is 0.567. The van der Waals surface area contributed by atoms with Crippen LogP contribution in [0.25, 0.3) is 0 Å². The van der Waals surface area contributed by atoms with Crippen molar-refractivity contribution in [1.82, 2.24) is 0 Å². The molecule has 2 rings (SSSR count). The van der Waals surface area contributed by atoms with Gasteiger partial charge in [-0.25, -0.2) is 0 Å². The van der Waals surface area contributed by atoms with E-state index < -0.39 is 0 Å². The number of hydrogen-bond acceptors (Lipinski definition) is 1. The van der Waals surface area contributed by atoms with Gasteiger partial charge in [-0.2, -0.15) is 0 Å². The van der Waals surface area contributed by atoms with Crippen LogP contribution in [0.4, 0.5) is 0 Å². The Kier molecular flexibility index (Phi) is 2.71. The normalized spacial score (nSPS) is 45.3. The van der Waals surface area contributed by atoms with Gasteiger partial charge >= 0.3 is 0 Å². The Labute approximate surface area is 80.9 Å². The van der Waals surface area contributed by atoms with Crippen LogP contribution in [-0.4, -0.2) is 6.29 Å². The van der Waals surface area contributed by atoms with Gasteiger partial charge in [-0.3, -0.25) is 0 Å². The fraction of sp³-hybridized carbons (Fsp3) is 0.917. The molecule has 2 fully saturated rings. The van der Waals surface area contributed by atoms with Crippen LogP contribution in [0, 0.1) is 23.7 Å². The van der Waals surface area contributed by atoms with E-state index in [4.69, 9.17) is 0 Å². The molecule has 4 atom stereocenters. The zero-order chi connectivity index (χ0) is 9.26. The fourth-order valence-electron chi connectivity index (χ4n) is 3.47. The highest BCUT2D eigenvalue weighted by Gasteiger charge is 2.37. The van der Waals surface area contributed by atoms with Crippen molar-refractivity contribution < 1.29 is 4.79 Å². The van der Waals surface area contributed by atoms with E-state index >= 15 is 0 Å². The predicted molar refractivity (Wildman–Crippen MR) is 53.4 cm³/mol. The minimum absolute atomic E-state index is 0.374. The molecule has 2 aliphatic carbocycles. The zero-order valence-corrected chi connectivity index (χ0v) is 8.54. The van der Waals surface area contributed by atoms with Crippen LogP contribution in [0.3, 0.4) is 0 Å². The summed E-state index contributed by atoms with van der Waals surface area (Å²) in [5, 5.41) is 0. The number of rotatable bonds is 1. The molecule has 74 valence electrons. The van der Waals surface area contributed by atoms with Crippen LogP contribution in [0.5, 0.6) is 0 Å². The first-order valence-electron chi connectivity index (χ1n) is 5.78. The molecule has 0 heterocycles. The van der Waals surface area contributed by atoms with Crippen LogP contribution in [0.15, 0.2) is 0 Å². The summed E-state index contributed by atoms with van der Waals surface area (Å²) in [6, 6.07) is 0. The average molecular weight is 180 g/mol. The van der Waals surface area contributed by atoms with Crippen molar-refractivity contribution in [2.45, 2.75) is 45.4 Å². The van der Waals surface area contributed by atoms with Gasteiger partial charge in [0, 0.05) is 5.92 Å². The summed E-state index contributed by atoms with van der Waals surface area (Å²) in [6.45, 7) is 2.29. The second-order valence-electron chi connectivity index (χ2n) is 4.94. The number of carbonyl (C=O) groups excluding carboxylic acids is 1. The summed E-state index contributed by atoms with van der Waals surface area (Å²) in [5.74, 6) is 2.87. The Morgan fingerprint density at radius 2 is 1.85 bits per heavy atom. The van der Waals surface area contributed by atoms with Crippen molar-refractivity contribution in [2.75, 3.05) is 0 Å². The maximum atomic E-state index is 10.8. The number of carbonyl (C=O) groups is 1. The zero-order valence-electron chi connectivity index (χ0n) is 8.54. The Balaban J connectivity index is 2.04. The Morgan fingerprint density at radius 1 is 1.08 bits per heavy atom. The van der Waals surface area contributed by atoms with E-state index in [-0.39, 0.29) is 0 Å². The molecule has 0 saturated heterocycles. The molecule has 2 aliphatic rings. The standard InChI is InChI=1S/C12H20O/c1-9-11(8-13)7-6-10-4-2-3-5-12(9)10/h8-12H,2-7H2,1H3.